The lowest BCUT2D eigenvalue weighted by atomic mass is 10.0. The van der Waals surface area contributed by atoms with Crippen LogP contribution in [-0.4, -0.2) is 28.8 Å². The Kier molecular flexibility index (Phi) is 6.73. The van der Waals surface area contributed by atoms with Crippen molar-refractivity contribution in [2.24, 2.45) is 0 Å². The quantitative estimate of drug-likeness (QED) is 0.755. The molecule has 1 N–H and O–H groups in total. The molecule has 2 rings (SSSR count). The molecule has 5 nitrogen and oxygen atoms in total. The van der Waals surface area contributed by atoms with Crippen molar-refractivity contribution >= 4 is 5.91 Å². The highest BCUT2D eigenvalue weighted by atomic mass is 16.5. The molecule has 2 aromatic rings. The third-order valence-corrected chi connectivity index (χ3v) is 3.63. The Balaban J connectivity index is 1.96. The molecule has 0 aliphatic rings. The summed E-state index contributed by atoms with van der Waals surface area (Å²) in [6.07, 6.45) is 2.91. The molecule has 24 heavy (non-hydrogen) atoms. The Morgan fingerprint density at radius 3 is 2.50 bits per heavy atom. The Hall–Kier alpha value is -2.43. The number of carbonyl (C=O) groups is 1. The highest BCUT2D eigenvalue weighted by Gasteiger charge is 2.06. The normalized spacial score (nSPS) is 11.8. The summed E-state index contributed by atoms with van der Waals surface area (Å²) < 4.78 is 5.52. The first-order valence-corrected chi connectivity index (χ1v) is 8.41. The molecule has 0 spiro atoms. The van der Waals surface area contributed by atoms with Gasteiger partial charge in [0, 0.05) is 24.6 Å². The first-order valence-electron chi connectivity index (χ1n) is 8.41. The van der Waals surface area contributed by atoms with Crippen LogP contribution in [0.25, 0.3) is 11.3 Å². The van der Waals surface area contributed by atoms with Crippen LogP contribution in [0.3, 0.4) is 0 Å². The molecule has 1 amide bonds. The number of rotatable bonds is 8. The SMILES string of the molecule is CCCCOc1ccc(-c2ccc(CC(C)NC(C)=O)cc2)nn1. The van der Waals surface area contributed by atoms with Gasteiger partial charge in [-0.2, -0.15) is 0 Å². The van der Waals surface area contributed by atoms with Crippen molar-refractivity contribution < 1.29 is 9.53 Å². The fourth-order valence-electron chi connectivity index (χ4n) is 2.44. The van der Waals surface area contributed by atoms with Crippen LogP contribution in [0.5, 0.6) is 5.88 Å². The summed E-state index contributed by atoms with van der Waals surface area (Å²) >= 11 is 0. The number of amides is 1. The van der Waals surface area contributed by atoms with E-state index in [1.165, 1.54) is 12.5 Å². The van der Waals surface area contributed by atoms with Crippen molar-refractivity contribution in [3.63, 3.8) is 0 Å². The van der Waals surface area contributed by atoms with Crippen molar-refractivity contribution in [2.45, 2.75) is 46.1 Å². The number of benzene rings is 1. The lowest BCUT2D eigenvalue weighted by molar-refractivity contribution is -0.119. The fraction of sp³-hybridized carbons (Fsp3) is 0.421. The summed E-state index contributed by atoms with van der Waals surface area (Å²) in [7, 11) is 0. The summed E-state index contributed by atoms with van der Waals surface area (Å²) in [4.78, 5) is 11.1. The van der Waals surface area contributed by atoms with Crippen LogP contribution in [0.2, 0.25) is 0 Å². The van der Waals surface area contributed by atoms with Gasteiger partial charge in [-0.15, -0.1) is 10.2 Å². The second kappa shape index (κ2) is 9.01. The highest BCUT2D eigenvalue weighted by molar-refractivity contribution is 5.73. The molecule has 0 aliphatic carbocycles. The molecule has 0 saturated carbocycles. The standard InChI is InChI=1S/C19H25N3O2/c1-4-5-12-24-19-11-10-18(21-22-19)17-8-6-16(7-9-17)13-14(2)20-15(3)23/h6-11,14H,4-5,12-13H2,1-3H3,(H,20,23). The van der Waals surface area contributed by atoms with Crippen molar-refractivity contribution in [2.75, 3.05) is 6.61 Å². The van der Waals surface area contributed by atoms with Crippen LogP contribution in [0.4, 0.5) is 0 Å². The van der Waals surface area contributed by atoms with Gasteiger partial charge in [-0.25, -0.2) is 0 Å². The van der Waals surface area contributed by atoms with Crippen LogP contribution in [0.1, 0.15) is 39.2 Å². The van der Waals surface area contributed by atoms with Crippen LogP contribution < -0.4 is 10.1 Å². The molecule has 0 radical (unpaired) electrons. The fourth-order valence-corrected chi connectivity index (χ4v) is 2.44. The lowest BCUT2D eigenvalue weighted by Gasteiger charge is -2.12. The zero-order valence-corrected chi connectivity index (χ0v) is 14.6. The molecule has 0 saturated heterocycles. The van der Waals surface area contributed by atoms with E-state index in [0.29, 0.717) is 12.5 Å². The van der Waals surface area contributed by atoms with Gasteiger partial charge in [-0.3, -0.25) is 4.79 Å². The average Bonchev–Trinajstić information content (AvgIpc) is 2.56. The number of hydrogen-bond acceptors (Lipinski definition) is 4. The van der Waals surface area contributed by atoms with Crippen LogP contribution in [0, 0.1) is 0 Å². The minimum atomic E-state index is -0.00404. The van der Waals surface area contributed by atoms with E-state index in [1.54, 1.807) is 0 Å². The minimum Gasteiger partial charge on any atom is -0.477 e. The van der Waals surface area contributed by atoms with Gasteiger partial charge in [-0.1, -0.05) is 37.6 Å². The van der Waals surface area contributed by atoms with E-state index in [4.69, 9.17) is 4.74 Å². The van der Waals surface area contributed by atoms with Crippen LogP contribution >= 0.6 is 0 Å². The molecule has 1 unspecified atom stereocenters. The third-order valence-electron chi connectivity index (χ3n) is 3.63. The van der Waals surface area contributed by atoms with E-state index in [-0.39, 0.29) is 11.9 Å². The van der Waals surface area contributed by atoms with Crippen molar-refractivity contribution in [1.29, 1.82) is 0 Å². The van der Waals surface area contributed by atoms with Crippen LogP contribution in [-0.2, 0) is 11.2 Å². The van der Waals surface area contributed by atoms with E-state index in [1.807, 2.05) is 31.2 Å². The molecule has 0 fully saturated rings. The summed E-state index contributed by atoms with van der Waals surface area (Å²) in [5, 5.41) is 11.2. The molecule has 1 aromatic carbocycles. The molecule has 0 bridgehead atoms. The Bertz CT molecular complexity index is 639. The van der Waals surface area contributed by atoms with E-state index in [0.717, 1.165) is 30.5 Å². The second-order valence-corrected chi connectivity index (χ2v) is 5.96. The number of unbranched alkanes of at least 4 members (excludes halogenated alkanes) is 1. The van der Waals surface area contributed by atoms with E-state index < -0.39 is 0 Å². The molecule has 1 atom stereocenters. The molecular formula is C19H25N3O2. The summed E-state index contributed by atoms with van der Waals surface area (Å²) in [5.41, 5.74) is 3.00. The topological polar surface area (TPSA) is 64.1 Å². The molecule has 1 aromatic heterocycles. The van der Waals surface area contributed by atoms with E-state index >= 15 is 0 Å². The Labute approximate surface area is 143 Å². The predicted octanol–water partition coefficient (Wildman–Crippen LogP) is 3.39. The van der Waals surface area contributed by atoms with Gasteiger partial charge in [0.25, 0.3) is 0 Å². The molecular weight excluding hydrogens is 302 g/mol. The zero-order valence-electron chi connectivity index (χ0n) is 14.6. The molecule has 5 heteroatoms. The monoisotopic (exact) mass is 327 g/mol. The molecule has 0 aliphatic heterocycles. The van der Waals surface area contributed by atoms with Gasteiger partial charge in [0.2, 0.25) is 11.8 Å². The van der Waals surface area contributed by atoms with E-state index in [2.05, 4.69) is 34.6 Å². The Morgan fingerprint density at radius 1 is 1.17 bits per heavy atom. The van der Waals surface area contributed by atoms with Crippen molar-refractivity contribution in [3.05, 3.63) is 42.0 Å². The largest absolute Gasteiger partial charge is 0.477 e. The zero-order chi connectivity index (χ0) is 17.4. The predicted molar refractivity (Wildman–Crippen MR) is 94.9 cm³/mol. The molecule has 1 heterocycles. The van der Waals surface area contributed by atoms with Gasteiger partial charge in [0.05, 0.1) is 12.3 Å². The van der Waals surface area contributed by atoms with Gasteiger partial charge < -0.3 is 10.1 Å². The first kappa shape index (κ1) is 17.9. The van der Waals surface area contributed by atoms with Gasteiger partial charge in [-0.05, 0) is 31.4 Å². The average molecular weight is 327 g/mol. The maximum Gasteiger partial charge on any atom is 0.233 e. The number of aromatic nitrogens is 2. The third kappa shape index (κ3) is 5.65. The second-order valence-electron chi connectivity index (χ2n) is 5.96. The van der Waals surface area contributed by atoms with Gasteiger partial charge >= 0.3 is 0 Å². The first-order chi connectivity index (χ1) is 11.6. The lowest BCUT2D eigenvalue weighted by Crippen LogP contribution is -2.31. The van der Waals surface area contributed by atoms with Gasteiger partial charge in [0.1, 0.15) is 0 Å². The van der Waals surface area contributed by atoms with Gasteiger partial charge in [0.15, 0.2) is 0 Å². The number of nitrogens with one attached hydrogen (secondary N) is 1. The maximum atomic E-state index is 11.1. The smallest absolute Gasteiger partial charge is 0.233 e. The van der Waals surface area contributed by atoms with Crippen LogP contribution in [0.15, 0.2) is 36.4 Å². The number of ether oxygens (including phenoxy) is 1. The highest BCUT2D eigenvalue weighted by Crippen LogP contribution is 2.19. The number of nitrogens with zero attached hydrogens (tertiary/aromatic N) is 2. The maximum absolute atomic E-state index is 11.1. The van der Waals surface area contributed by atoms with E-state index in [9.17, 15) is 4.79 Å². The Morgan fingerprint density at radius 2 is 1.92 bits per heavy atom. The number of carbonyl (C=O) groups excluding carboxylic acids is 1. The summed E-state index contributed by atoms with van der Waals surface area (Å²) in [5.74, 6) is 0.559. The van der Waals surface area contributed by atoms with Crippen molar-refractivity contribution in [1.82, 2.24) is 15.5 Å². The number of hydrogen-bond donors (Lipinski definition) is 1. The summed E-state index contributed by atoms with van der Waals surface area (Å²) in [6, 6.07) is 12.1. The minimum absolute atomic E-state index is 0.00404. The molecule has 128 valence electrons. The van der Waals surface area contributed by atoms with Crippen molar-refractivity contribution in [3.8, 4) is 17.1 Å². The summed E-state index contributed by atoms with van der Waals surface area (Å²) in [6.45, 7) is 6.33.